The molecule has 0 saturated carbocycles. The van der Waals surface area contributed by atoms with Gasteiger partial charge in [-0.2, -0.15) is 0 Å². The van der Waals surface area contributed by atoms with Crippen molar-refractivity contribution in [2.45, 2.75) is 46.1 Å². The van der Waals surface area contributed by atoms with Gasteiger partial charge in [0.25, 0.3) is 11.7 Å². The molecule has 1 aliphatic heterocycles. The van der Waals surface area contributed by atoms with Crippen molar-refractivity contribution in [3.05, 3.63) is 100 Å². The van der Waals surface area contributed by atoms with Crippen molar-refractivity contribution >= 4 is 29.1 Å². The topological polar surface area (TPSA) is 93.1 Å². The Hall–Kier alpha value is -4.39. The van der Waals surface area contributed by atoms with Crippen LogP contribution in [-0.2, 0) is 19.7 Å². The summed E-state index contributed by atoms with van der Waals surface area (Å²) >= 11 is 0. The Morgan fingerprint density at radius 2 is 1.72 bits per heavy atom. The minimum atomic E-state index is -0.939. The van der Waals surface area contributed by atoms with E-state index in [-0.39, 0.29) is 28.9 Å². The molecule has 3 aromatic rings. The van der Waals surface area contributed by atoms with Gasteiger partial charge in [0, 0.05) is 5.69 Å². The number of anilines is 1. The van der Waals surface area contributed by atoms with Gasteiger partial charge in [0.1, 0.15) is 11.5 Å². The number of carbonyl (C=O) groups is 3. The first kappa shape index (κ1) is 27.6. The molecular weight excluding hydrogens is 494 g/mol. The monoisotopic (exact) mass is 527 g/mol. The number of aliphatic hydroxyl groups is 1. The molecule has 0 spiro atoms. The summed E-state index contributed by atoms with van der Waals surface area (Å²) in [5.74, 6) is -2.13. The Morgan fingerprint density at radius 1 is 1.00 bits per heavy atom. The van der Waals surface area contributed by atoms with Crippen molar-refractivity contribution in [1.29, 1.82) is 0 Å². The number of aliphatic hydroxyl groups excluding tert-OH is 1. The lowest BCUT2D eigenvalue weighted by molar-refractivity contribution is -0.132. The van der Waals surface area contributed by atoms with E-state index >= 15 is 0 Å². The summed E-state index contributed by atoms with van der Waals surface area (Å²) in [4.78, 5) is 41.0. The number of nitrogens with zero attached hydrogens (tertiary/aromatic N) is 1. The average Bonchev–Trinajstić information content (AvgIpc) is 3.17. The molecule has 1 fully saturated rings. The molecule has 1 atom stereocenters. The zero-order valence-corrected chi connectivity index (χ0v) is 23.1. The van der Waals surface area contributed by atoms with Crippen LogP contribution in [0, 0.1) is 6.92 Å². The highest BCUT2D eigenvalue weighted by Crippen LogP contribution is 2.44. The SMILES string of the molecule is CCOC(=O)c1cccc(N2C(=O)C(=O)/C(=C(/O)c3cc(C(C)(C)C)ccc3OC)C2c2cccc(C)c2)c1. The van der Waals surface area contributed by atoms with E-state index < -0.39 is 23.7 Å². The van der Waals surface area contributed by atoms with Crippen LogP contribution in [-0.4, -0.2) is 36.5 Å². The molecule has 7 heteroatoms. The van der Waals surface area contributed by atoms with Gasteiger partial charge in [-0.15, -0.1) is 0 Å². The zero-order chi connectivity index (χ0) is 28.5. The number of amides is 1. The van der Waals surface area contributed by atoms with Crippen LogP contribution in [0.3, 0.4) is 0 Å². The molecule has 1 aliphatic rings. The van der Waals surface area contributed by atoms with Crippen LogP contribution < -0.4 is 9.64 Å². The summed E-state index contributed by atoms with van der Waals surface area (Å²) in [6, 6.07) is 18.3. The van der Waals surface area contributed by atoms with E-state index in [1.807, 2.05) is 58.0 Å². The van der Waals surface area contributed by atoms with Crippen molar-refractivity contribution in [1.82, 2.24) is 0 Å². The van der Waals surface area contributed by atoms with Crippen LogP contribution in [0.4, 0.5) is 5.69 Å². The van der Waals surface area contributed by atoms with Gasteiger partial charge in [0.2, 0.25) is 0 Å². The third-order valence-corrected chi connectivity index (χ3v) is 6.76. The van der Waals surface area contributed by atoms with Gasteiger partial charge in [0.05, 0.1) is 36.5 Å². The summed E-state index contributed by atoms with van der Waals surface area (Å²) in [5, 5.41) is 11.7. The van der Waals surface area contributed by atoms with Crippen molar-refractivity contribution < 1.29 is 29.0 Å². The molecule has 202 valence electrons. The molecule has 1 amide bonds. The van der Waals surface area contributed by atoms with E-state index in [1.165, 1.54) is 18.1 Å². The summed E-state index contributed by atoms with van der Waals surface area (Å²) in [7, 11) is 1.49. The van der Waals surface area contributed by atoms with Gasteiger partial charge in [-0.1, -0.05) is 62.7 Å². The molecule has 39 heavy (non-hydrogen) atoms. The Bertz CT molecular complexity index is 1480. The number of benzene rings is 3. The fraction of sp³-hybridized carbons (Fsp3) is 0.281. The lowest BCUT2D eigenvalue weighted by atomic mass is 9.85. The molecule has 0 aliphatic carbocycles. The molecule has 4 rings (SSSR count). The van der Waals surface area contributed by atoms with Crippen LogP contribution in [0.2, 0.25) is 0 Å². The third kappa shape index (κ3) is 5.30. The number of hydrogen-bond donors (Lipinski definition) is 1. The maximum absolute atomic E-state index is 13.6. The van der Waals surface area contributed by atoms with Crippen LogP contribution in [0.5, 0.6) is 5.75 Å². The van der Waals surface area contributed by atoms with Crippen LogP contribution in [0.1, 0.15) is 66.3 Å². The van der Waals surface area contributed by atoms with Crippen LogP contribution in [0.15, 0.2) is 72.3 Å². The molecule has 1 saturated heterocycles. The number of esters is 1. The third-order valence-electron chi connectivity index (χ3n) is 6.76. The van der Waals surface area contributed by atoms with Crippen molar-refractivity contribution in [2.24, 2.45) is 0 Å². The maximum Gasteiger partial charge on any atom is 0.338 e. The van der Waals surface area contributed by atoms with E-state index in [0.717, 1.165) is 11.1 Å². The number of hydrogen-bond acceptors (Lipinski definition) is 6. The molecule has 0 aromatic heterocycles. The van der Waals surface area contributed by atoms with Gasteiger partial charge < -0.3 is 14.6 Å². The molecule has 7 nitrogen and oxygen atoms in total. The molecular formula is C32H33NO6. The van der Waals surface area contributed by atoms with Crippen molar-refractivity contribution in [3.8, 4) is 5.75 Å². The molecule has 1 heterocycles. The smallest absolute Gasteiger partial charge is 0.338 e. The molecule has 1 N–H and O–H groups in total. The Labute approximate surface area is 228 Å². The highest BCUT2D eigenvalue weighted by Gasteiger charge is 2.47. The number of methoxy groups -OCH3 is 1. The lowest BCUT2D eigenvalue weighted by Crippen LogP contribution is -2.29. The second kappa shape index (κ2) is 10.8. The summed E-state index contributed by atoms with van der Waals surface area (Å²) in [5.41, 5.74) is 3.10. The summed E-state index contributed by atoms with van der Waals surface area (Å²) < 4.78 is 10.7. The zero-order valence-electron chi connectivity index (χ0n) is 23.1. The molecule has 0 bridgehead atoms. The number of Topliss-reactive ketones (excluding diaryl/α,β-unsaturated/α-hetero) is 1. The second-order valence-electron chi connectivity index (χ2n) is 10.5. The first-order chi connectivity index (χ1) is 18.5. The van der Waals surface area contributed by atoms with Gasteiger partial charge in [0.15, 0.2) is 0 Å². The predicted octanol–water partition coefficient (Wildman–Crippen LogP) is 6.10. The first-order valence-corrected chi connectivity index (χ1v) is 12.8. The predicted molar refractivity (Wildman–Crippen MR) is 150 cm³/mol. The van der Waals surface area contributed by atoms with Gasteiger partial charge in [-0.25, -0.2) is 4.79 Å². The summed E-state index contributed by atoms with van der Waals surface area (Å²) in [6.45, 7) is 9.95. The Balaban J connectivity index is 1.98. The molecule has 3 aromatic carbocycles. The first-order valence-electron chi connectivity index (χ1n) is 12.8. The van der Waals surface area contributed by atoms with Crippen LogP contribution in [0.25, 0.3) is 5.76 Å². The Kier molecular flexibility index (Phi) is 7.63. The van der Waals surface area contributed by atoms with Crippen LogP contribution >= 0.6 is 0 Å². The second-order valence-corrected chi connectivity index (χ2v) is 10.5. The maximum atomic E-state index is 13.6. The van der Waals surface area contributed by atoms with Gasteiger partial charge in [-0.05, 0) is 60.7 Å². The van der Waals surface area contributed by atoms with Gasteiger partial charge >= 0.3 is 5.97 Å². The van der Waals surface area contributed by atoms with E-state index in [0.29, 0.717) is 22.6 Å². The number of ketones is 1. The number of carbonyl (C=O) groups excluding carboxylic acids is 3. The number of ether oxygens (including phenoxy) is 2. The minimum absolute atomic E-state index is 0.0588. The van der Waals surface area contributed by atoms with Crippen molar-refractivity contribution in [2.75, 3.05) is 18.6 Å². The largest absolute Gasteiger partial charge is 0.507 e. The normalized spacial score (nSPS) is 16.9. The fourth-order valence-corrected chi connectivity index (χ4v) is 4.76. The fourth-order valence-electron chi connectivity index (χ4n) is 4.76. The van der Waals surface area contributed by atoms with E-state index in [4.69, 9.17) is 9.47 Å². The van der Waals surface area contributed by atoms with E-state index in [2.05, 4.69) is 0 Å². The quantitative estimate of drug-likeness (QED) is 0.180. The highest BCUT2D eigenvalue weighted by atomic mass is 16.5. The average molecular weight is 528 g/mol. The molecule has 1 unspecified atom stereocenters. The highest BCUT2D eigenvalue weighted by molar-refractivity contribution is 6.51. The molecule has 0 radical (unpaired) electrons. The minimum Gasteiger partial charge on any atom is -0.507 e. The Morgan fingerprint density at radius 3 is 2.36 bits per heavy atom. The van der Waals surface area contributed by atoms with Gasteiger partial charge in [-0.3, -0.25) is 14.5 Å². The van der Waals surface area contributed by atoms with E-state index in [9.17, 15) is 19.5 Å². The standard InChI is InChI=1S/C32H33NO6/c1-7-39-31(37)21-12-9-13-23(17-21)33-27(20-11-8-10-19(2)16-20)26(29(35)30(33)36)28(34)24-18-22(32(3,4)5)14-15-25(24)38-6/h8-18,27,34H,7H2,1-6H3/b28-26+. The number of aryl methyl sites for hydroxylation is 1. The summed E-state index contributed by atoms with van der Waals surface area (Å²) in [6.07, 6.45) is 0. The number of rotatable bonds is 6. The van der Waals surface area contributed by atoms with E-state index in [1.54, 1.807) is 37.3 Å². The lowest BCUT2D eigenvalue weighted by Gasteiger charge is -2.26. The van der Waals surface area contributed by atoms with Crippen molar-refractivity contribution in [3.63, 3.8) is 0 Å².